The molecule has 0 saturated heterocycles. The molecule has 0 spiro atoms. The van der Waals surface area contributed by atoms with Gasteiger partial charge in [0.1, 0.15) is 5.75 Å². The van der Waals surface area contributed by atoms with E-state index in [0.29, 0.717) is 6.42 Å². The minimum Gasteiger partial charge on any atom is -0.465 e. The van der Waals surface area contributed by atoms with E-state index < -0.39 is 17.9 Å². The second-order valence-corrected chi connectivity index (χ2v) is 11.3. The van der Waals surface area contributed by atoms with Crippen LogP contribution in [0.1, 0.15) is 141 Å². The highest BCUT2D eigenvalue weighted by Gasteiger charge is 2.18. The number of unbranched alkanes of at least 4 members (excludes halogenated alkanes) is 14. The maximum Gasteiger partial charge on any atom is 0.338 e. The number of carbonyl (C=O) groups is 4. The Labute approximate surface area is 268 Å². The molecule has 2 aromatic rings. The van der Waals surface area contributed by atoms with E-state index in [0.717, 1.165) is 19.3 Å². The summed E-state index contributed by atoms with van der Waals surface area (Å²) in [4.78, 5) is 49.4. The van der Waals surface area contributed by atoms with Crippen LogP contribution < -0.4 is 10.1 Å². The van der Waals surface area contributed by atoms with Crippen molar-refractivity contribution in [3.05, 3.63) is 53.1 Å². The van der Waals surface area contributed by atoms with Gasteiger partial charge in [0, 0.05) is 6.42 Å². The first kappa shape index (κ1) is 37.3. The van der Waals surface area contributed by atoms with E-state index in [1.165, 1.54) is 135 Å². The predicted molar refractivity (Wildman–Crippen MR) is 175 cm³/mol. The minimum atomic E-state index is -0.663. The molecule has 248 valence electrons. The quantitative estimate of drug-likeness (QED) is 0.0782. The van der Waals surface area contributed by atoms with E-state index in [4.69, 9.17) is 18.9 Å². The largest absolute Gasteiger partial charge is 0.465 e. The van der Waals surface area contributed by atoms with Crippen molar-refractivity contribution < 1.29 is 38.1 Å². The topological polar surface area (TPSA) is 117 Å². The molecule has 0 heterocycles. The van der Waals surface area contributed by atoms with Crippen molar-refractivity contribution in [3.63, 3.8) is 0 Å². The van der Waals surface area contributed by atoms with Crippen molar-refractivity contribution in [1.82, 2.24) is 0 Å². The number of carbonyl (C=O) groups excluding carboxylic acids is 4. The molecule has 0 aliphatic rings. The molecule has 45 heavy (non-hydrogen) atoms. The highest BCUT2D eigenvalue weighted by Crippen LogP contribution is 2.32. The first-order valence-electron chi connectivity index (χ1n) is 16.3. The second-order valence-electron chi connectivity index (χ2n) is 11.3. The summed E-state index contributed by atoms with van der Waals surface area (Å²) < 4.78 is 20.4. The Bertz CT molecular complexity index is 1190. The zero-order valence-electron chi connectivity index (χ0n) is 27.5. The Morgan fingerprint density at radius 3 is 1.47 bits per heavy atom. The van der Waals surface area contributed by atoms with Crippen LogP contribution in [0.5, 0.6) is 11.5 Å². The van der Waals surface area contributed by atoms with Crippen LogP contribution in [0.15, 0.2) is 36.4 Å². The lowest BCUT2D eigenvalue weighted by Crippen LogP contribution is -2.13. The molecule has 0 radical (unpaired) electrons. The molecule has 2 rings (SSSR count). The number of hydrogen-bond acceptors (Lipinski definition) is 8. The summed E-state index contributed by atoms with van der Waals surface area (Å²) in [5.74, 6) is -1.75. The molecule has 0 saturated carbocycles. The van der Waals surface area contributed by atoms with Gasteiger partial charge in [-0.3, -0.25) is 4.79 Å². The van der Waals surface area contributed by atoms with Gasteiger partial charge in [0.05, 0.1) is 43.7 Å². The highest BCUT2D eigenvalue weighted by atomic mass is 16.5. The Morgan fingerprint density at radius 1 is 0.556 bits per heavy atom. The summed E-state index contributed by atoms with van der Waals surface area (Å²) in [7, 11) is 3.73. The zero-order valence-corrected chi connectivity index (χ0v) is 27.5. The summed E-state index contributed by atoms with van der Waals surface area (Å²) >= 11 is 0. The van der Waals surface area contributed by atoms with Crippen molar-refractivity contribution in [2.24, 2.45) is 0 Å². The summed E-state index contributed by atoms with van der Waals surface area (Å²) in [6.45, 7) is 2.25. The smallest absolute Gasteiger partial charge is 0.338 e. The van der Waals surface area contributed by atoms with E-state index in [-0.39, 0.29) is 39.8 Å². The second kappa shape index (κ2) is 21.8. The number of rotatable bonds is 22. The van der Waals surface area contributed by atoms with Gasteiger partial charge in [0.2, 0.25) is 5.91 Å². The van der Waals surface area contributed by atoms with Gasteiger partial charge in [-0.2, -0.15) is 0 Å². The van der Waals surface area contributed by atoms with Crippen molar-refractivity contribution in [2.75, 3.05) is 26.6 Å². The lowest BCUT2D eigenvalue weighted by Gasteiger charge is -2.15. The predicted octanol–water partition coefficient (Wildman–Crippen LogP) is 9.04. The molecule has 0 fully saturated rings. The number of anilines is 1. The number of hydrogen-bond donors (Lipinski definition) is 1. The molecule has 9 nitrogen and oxygen atoms in total. The molecule has 9 heteroatoms. The Hall–Kier alpha value is -3.88. The molecule has 2 aromatic carbocycles. The Morgan fingerprint density at radius 2 is 1.00 bits per heavy atom. The van der Waals surface area contributed by atoms with Crippen molar-refractivity contribution in [3.8, 4) is 11.5 Å². The van der Waals surface area contributed by atoms with E-state index in [2.05, 4.69) is 12.2 Å². The number of methoxy groups -OCH3 is 3. The third kappa shape index (κ3) is 14.2. The fraction of sp³-hybridized carbons (Fsp3) is 0.556. The number of ether oxygens (including phenoxy) is 4. The number of esters is 3. The average Bonchev–Trinajstić information content (AvgIpc) is 3.05. The number of amides is 1. The fourth-order valence-corrected chi connectivity index (χ4v) is 5.09. The summed E-state index contributed by atoms with van der Waals surface area (Å²) in [6.07, 6.45) is 19.0. The molecule has 0 atom stereocenters. The molecule has 0 unspecified atom stereocenters. The average molecular weight is 626 g/mol. The van der Waals surface area contributed by atoms with Crippen LogP contribution >= 0.6 is 0 Å². The first-order valence-corrected chi connectivity index (χ1v) is 16.3. The van der Waals surface area contributed by atoms with Crippen molar-refractivity contribution in [1.29, 1.82) is 0 Å². The van der Waals surface area contributed by atoms with E-state index in [9.17, 15) is 19.2 Å². The van der Waals surface area contributed by atoms with E-state index in [1.54, 1.807) is 0 Å². The number of nitrogens with one attached hydrogen (secondary N) is 1. The van der Waals surface area contributed by atoms with Crippen LogP contribution in [0.3, 0.4) is 0 Å². The molecular formula is C36H51NO8. The van der Waals surface area contributed by atoms with E-state index in [1.807, 2.05) is 0 Å². The maximum atomic E-state index is 12.9. The molecule has 1 N–H and O–H groups in total. The minimum absolute atomic E-state index is 0.0836. The first-order chi connectivity index (χ1) is 21.8. The van der Waals surface area contributed by atoms with E-state index >= 15 is 0 Å². The van der Waals surface area contributed by atoms with Gasteiger partial charge in [0.15, 0.2) is 5.75 Å². The lowest BCUT2D eigenvalue weighted by atomic mass is 10.0. The molecule has 0 bridgehead atoms. The van der Waals surface area contributed by atoms with Crippen LogP contribution in [-0.2, 0) is 19.0 Å². The molecule has 0 aliphatic carbocycles. The standard InChI is InChI=1S/C36H51NO8/c1-5-6-7-8-9-10-11-12-13-14-15-16-17-18-19-20-33(38)37-31-26-27(34(39)42-2)21-22-32(31)45-30-24-28(35(40)43-3)23-29(25-30)36(41)44-4/h21-26H,5-20H2,1-4H3,(H,37,38). The third-order valence-corrected chi connectivity index (χ3v) is 7.66. The summed E-state index contributed by atoms with van der Waals surface area (Å²) in [5.41, 5.74) is 0.651. The van der Waals surface area contributed by atoms with Gasteiger partial charge in [-0.15, -0.1) is 0 Å². The summed E-state index contributed by atoms with van der Waals surface area (Å²) in [5, 5.41) is 2.84. The van der Waals surface area contributed by atoms with Gasteiger partial charge in [-0.05, 0) is 42.8 Å². The molecule has 0 aromatic heterocycles. The van der Waals surface area contributed by atoms with Gasteiger partial charge >= 0.3 is 17.9 Å². The third-order valence-electron chi connectivity index (χ3n) is 7.66. The SMILES string of the molecule is CCCCCCCCCCCCCCCCCC(=O)Nc1cc(C(=O)OC)ccc1Oc1cc(C(=O)OC)cc(C(=O)OC)c1. The Kier molecular flexibility index (Phi) is 18.0. The summed E-state index contributed by atoms with van der Waals surface area (Å²) in [6, 6.07) is 8.64. The van der Waals surface area contributed by atoms with Gasteiger partial charge in [0.25, 0.3) is 0 Å². The molecule has 1 amide bonds. The van der Waals surface area contributed by atoms with Crippen LogP contribution in [0.2, 0.25) is 0 Å². The van der Waals surface area contributed by atoms with Crippen LogP contribution in [0, 0.1) is 0 Å². The van der Waals surface area contributed by atoms with Crippen molar-refractivity contribution in [2.45, 2.75) is 110 Å². The maximum absolute atomic E-state index is 12.9. The van der Waals surface area contributed by atoms with Crippen LogP contribution in [0.25, 0.3) is 0 Å². The van der Waals surface area contributed by atoms with Crippen molar-refractivity contribution >= 4 is 29.5 Å². The van der Waals surface area contributed by atoms with Crippen LogP contribution in [-0.4, -0.2) is 45.1 Å². The van der Waals surface area contributed by atoms with Gasteiger partial charge < -0.3 is 24.3 Å². The molecule has 0 aliphatic heterocycles. The lowest BCUT2D eigenvalue weighted by molar-refractivity contribution is -0.116. The Balaban J connectivity index is 1.88. The monoisotopic (exact) mass is 625 g/mol. The number of benzene rings is 2. The van der Waals surface area contributed by atoms with Gasteiger partial charge in [-0.25, -0.2) is 14.4 Å². The fourth-order valence-electron chi connectivity index (χ4n) is 5.09. The zero-order chi connectivity index (χ0) is 32.9. The normalized spacial score (nSPS) is 10.7. The highest BCUT2D eigenvalue weighted by molar-refractivity contribution is 5.97. The van der Waals surface area contributed by atoms with Gasteiger partial charge in [-0.1, -0.05) is 96.8 Å². The van der Waals surface area contributed by atoms with Crippen LogP contribution in [0.4, 0.5) is 5.69 Å². The molecular weight excluding hydrogens is 574 g/mol.